The van der Waals surface area contributed by atoms with Crippen LogP contribution in [0.3, 0.4) is 0 Å². The van der Waals surface area contributed by atoms with Gasteiger partial charge in [-0.1, -0.05) is 74.9 Å². The quantitative estimate of drug-likeness (QED) is 0.0927. The summed E-state index contributed by atoms with van der Waals surface area (Å²) in [6, 6.07) is 42.7. The minimum atomic E-state index is -0.345. The number of methoxy groups -OCH3 is 2. The standard InChI is InChI=1S/C23H23NO2.C23H30N.ClH.Ru/c1-18-14-22(25-2)23(26-3)15-20(18)17-24(21-12-8-5-9-13-21)16-19-10-6-4-7-11-19;1-6-18-12-11-13-19(7-2)21(18)24-17-23(5,16-22(24,3)4)20-14-9-8-10-15-20;;/h1,4-15H,16-17H2,2-3H3;8-15,17H,6-7,16H2,1-5H3;1H;/q;-1;;+1/p-1. The Bertz CT molecular complexity index is 1880. The van der Waals surface area contributed by atoms with Gasteiger partial charge in [0.2, 0.25) is 0 Å². The van der Waals surface area contributed by atoms with E-state index in [2.05, 4.69) is 159 Å². The summed E-state index contributed by atoms with van der Waals surface area (Å²) < 4.78 is 13.1. The third-order valence-electron chi connectivity index (χ3n) is 10.00. The molecule has 6 rings (SSSR count). The van der Waals surface area contributed by atoms with Crippen LogP contribution in [0.5, 0.6) is 11.5 Å². The summed E-state index contributed by atoms with van der Waals surface area (Å²) in [4.78, 5) is 4.93. The zero-order valence-electron chi connectivity index (χ0n) is 31.7. The van der Waals surface area contributed by atoms with Crippen LogP contribution in [0.2, 0.25) is 0 Å². The van der Waals surface area contributed by atoms with Crippen LogP contribution in [0.1, 0.15) is 74.4 Å². The van der Waals surface area contributed by atoms with Crippen LogP contribution >= 0.6 is 9.69 Å². The molecule has 6 heteroatoms. The fourth-order valence-electron chi connectivity index (χ4n) is 7.47. The normalized spacial score (nSPS) is 16.5. The molecule has 4 nitrogen and oxygen atoms in total. The topological polar surface area (TPSA) is 24.9 Å². The van der Waals surface area contributed by atoms with Crippen LogP contribution in [0, 0.1) is 6.54 Å². The molecule has 1 atom stereocenters. The van der Waals surface area contributed by atoms with Crippen LogP contribution in [0.15, 0.2) is 121 Å². The Balaban J connectivity index is 0.000000203. The van der Waals surface area contributed by atoms with E-state index in [1.807, 2.05) is 18.2 Å². The Morgan fingerprint density at radius 2 is 1.29 bits per heavy atom. The molecule has 0 aromatic heterocycles. The third-order valence-corrected chi connectivity index (χ3v) is 11.2. The second kappa shape index (κ2) is 18.2. The molecule has 1 unspecified atom stereocenters. The number of aryl methyl sites for hydroxylation is 2. The van der Waals surface area contributed by atoms with Crippen molar-refractivity contribution in [1.82, 2.24) is 0 Å². The van der Waals surface area contributed by atoms with Gasteiger partial charge in [0.1, 0.15) is 0 Å². The van der Waals surface area contributed by atoms with Crippen molar-refractivity contribution in [1.29, 1.82) is 0 Å². The Labute approximate surface area is 323 Å². The summed E-state index contributed by atoms with van der Waals surface area (Å²) in [6.07, 6.45) is 3.28. The van der Waals surface area contributed by atoms with E-state index in [9.17, 15) is 0 Å². The van der Waals surface area contributed by atoms with E-state index in [1.54, 1.807) is 14.2 Å². The Morgan fingerprint density at radius 3 is 1.85 bits per heavy atom. The van der Waals surface area contributed by atoms with Crippen molar-refractivity contribution >= 4 is 25.7 Å². The van der Waals surface area contributed by atoms with E-state index in [0.717, 1.165) is 55.0 Å². The molecule has 0 aliphatic carbocycles. The van der Waals surface area contributed by atoms with E-state index in [4.69, 9.17) is 19.2 Å². The van der Waals surface area contributed by atoms with Crippen LogP contribution in [0.4, 0.5) is 11.4 Å². The fraction of sp³-hybridized carbons (Fsp3) is 0.304. The van der Waals surface area contributed by atoms with E-state index in [0.29, 0.717) is 0 Å². The molecule has 1 saturated heterocycles. The fourth-order valence-corrected chi connectivity index (χ4v) is 8.64. The molecule has 0 amide bonds. The zero-order valence-corrected chi connectivity index (χ0v) is 34.2. The molecule has 0 bridgehead atoms. The molecule has 52 heavy (non-hydrogen) atoms. The van der Waals surface area contributed by atoms with E-state index in [1.165, 1.54) is 33.6 Å². The van der Waals surface area contributed by atoms with Gasteiger partial charge in [0.05, 0.1) is 0 Å². The first kappa shape index (κ1) is 39.3. The van der Waals surface area contributed by atoms with Gasteiger partial charge in [-0.25, -0.2) is 6.54 Å². The summed E-state index contributed by atoms with van der Waals surface area (Å²) in [7, 11) is 9.43. The number of halogens is 1. The van der Waals surface area contributed by atoms with Gasteiger partial charge in [-0.3, -0.25) is 0 Å². The van der Waals surface area contributed by atoms with Crippen LogP contribution in [-0.4, -0.2) is 24.4 Å². The number of benzene rings is 5. The second-order valence-electron chi connectivity index (χ2n) is 14.2. The molecule has 5 aromatic rings. The maximum absolute atomic E-state index is 6.11. The summed E-state index contributed by atoms with van der Waals surface area (Å²) in [6.45, 7) is 15.7. The third kappa shape index (κ3) is 9.35. The monoisotopic (exact) mass is 802 g/mol. The van der Waals surface area contributed by atoms with E-state index in [-0.39, 0.29) is 26.6 Å². The molecule has 1 aliphatic rings. The molecule has 1 aliphatic heterocycles. The Morgan fingerprint density at radius 1 is 0.731 bits per heavy atom. The zero-order chi connectivity index (χ0) is 37.1. The van der Waals surface area contributed by atoms with Gasteiger partial charge < -0.3 is 4.90 Å². The predicted octanol–water partition coefficient (Wildman–Crippen LogP) is 11.2. The molecule has 275 valence electrons. The number of para-hydroxylation sites is 2. The van der Waals surface area contributed by atoms with Crippen molar-refractivity contribution in [3.8, 4) is 11.5 Å². The molecule has 1 heterocycles. The van der Waals surface area contributed by atoms with Crippen molar-refractivity contribution in [3.63, 3.8) is 0 Å². The van der Waals surface area contributed by atoms with Gasteiger partial charge >= 0.3 is 178 Å². The first-order valence-corrected chi connectivity index (χ1v) is 21.4. The molecule has 0 spiro atoms. The number of rotatable bonds is 12. The average molecular weight is 802 g/mol. The Kier molecular flexibility index (Phi) is 13.8. The van der Waals surface area contributed by atoms with Crippen molar-refractivity contribution in [3.05, 3.63) is 161 Å². The number of hydrogen-bond acceptors (Lipinski definition) is 4. The molecule has 1 fully saturated rings. The summed E-state index contributed by atoms with van der Waals surface area (Å²) in [5.74, 6) is 1.45. The SMILES string of the molecule is CCc1cccc(CC)c1N1[CH-]C(C)(c2ccccc2)CC1(C)C.COc1cc([CH]=[Ru][Cl])c(CN(Cc2ccccc2)c2ccccc2)cc1OC. The van der Waals surface area contributed by atoms with E-state index < -0.39 is 0 Å². The number of hydrogen-bond donors (Lipinski definition) is 0. The van der Waals surface area contributed by atoms with Crippen LogP contribution in [0.25, 0.3) is 0 Å². The van der Waals surface area contributed by atoms with Gasteiger partial charge in [-0.05, 0) is 44.2 Å². The van der Waals surface area contributed by atoms with Crippen LogP contribution in [-0.2, 0) is 47.0 Å². The molecular formula is C46H53ClN2O2Ru-. The summed E-state index contributed by atoms with van der Waals surface area (Å²) in [5.41, 5.74) is 10.6. The number of anilines is 2. The van der Waals surface area contributed by atoms with Crippen molar-refractivity contribution in [2.75, 3.05) is 24.0 Å². The van der Waals surface area contributed by atoms with Crippen LogP contribution < -0.4 is 19.3 Å². The molecule has 5 aromatic carbocycles. The molecule has 0 radical (unpaired) electrons. The van der Waals surface area contributed by atoms with Gasteiger partial charge in [0, 0.05) is 11.2 Å². The predicted molar refractivity (Wildman–Crippen MR) is 218 cm³/mol. The molecular weight excluding hydrogens is 749 g/mol. The summed E-state index contributed by atoms with van der Waals surface area (Å²) in [5, 5.41) is 0. The average Bonchev–Trinajstić information content (AvgIpc) is 3.44. The number of ether oxygens (including phenoxy) is 2. The van der Waals surface area contributed by atoms with Gasteiger partial charge in [-0.2, -0.15) is 0 Å². The molecule has 0 N–H and O–H groups in total. The molecule has 0 saturated carbocycles. The summed E-state index contributed by atoms with van der Waals surface area (Å²) >= 11 is -0.345. The first-order valence-electron chi connectivity index (χ1n) is 18.1. The minimum absolute atomic E-state index is 0.0800. The van der Waals surface area contributed by atoms with Gasteiger partial charge in [0.15, 0.2) is 0 Å². The van der Waals surface area contributed by atoms with Crippen molar-refractivity contribution in [2.24, 2.45) is 0 Å². The van der Waals surface area contributed by atoms with Gasteiger partial charge in [0.25, 0.3) is 0 Å². The van der Waals surface area contributed by atoms with E-state index >= 15 is 0 Å². The Hall–Kier alpha value is -3.92. The van der Waals surface area contributed by atoms with Crippen molar-refractivity contribution in [2.45, 2.75) is 77.9 Å². The van der Waals surface area contributed by atoms with Gasteiger partial charge in [-0.15, -0.1) is 5.41 Å². The second-order valence-corrected chi connectivity index (χ2v) is 16.0. The maximum atomic E-state index is 6.11. The first-order chi connectivity index (χ1) is 25.2. The number of nitrogens with zero attached hydrogens (tertiary/aromatic N) is 2. The van der Waals surface area contributed by atoms with Crippen molar-refractivity contribution < 1.29 is 25.2 Å².